The van der Waals surface area contributed by atoms with Crippen molar-refractivity contribution in [2.24, 2.45) is 0 Å². The van der Waals surface area contributed by atoms with Gasteiger partial charge in [-0.05, 0) is 42.5 Å². The second-order valence-electron chi connectivity index (χ2n) is 5.07. The summed E-state index contributed by atoms with van der Waals surface area (Å²) in [5, 5.41) is 0. The van der Waals surface area contributed by atoms with E-state index in [2.05, 4.69) is 4.90 Å². The van der Waals surface area contributed by atoms with E-state index < -0.39 is 0 Å². The molecule has 1 saturated carbocycles. The van der Waals surface area contributed by atoms with Crippen LogP contribution >= 0.6 is 0 Å². The highest BCUT2D eigenvalue weighted by molar-refractivity contribution is 5.30. The van der Waals surface area contributed by atoms with E-state index in [0.717, 1.165) is 25.6 Å². The lowest BCUT2D eigenvalue weighted by atomic mass is 9.98. The van der Waals surface area contributed by atoms with Gasteiger partial charge in [-0.3, -0.25) is 4.90 Å². The Hall–Kier alpha value is -0.890. The number of fused-ring (bicyclic) bond motifs is 1. The van der Waals surface area contributed by atoms with Crippen LogP contribution in [0.1, 0.15) is 36.8 Å². The molecule has 2 aliphatic rings. The lowest BCUT2D eigenvalue weighted by Crippen LogP contribution is -2.37. The zero-order chi connectivity index (χ0) is 11.0. The summed E-state index contributed by atoms with van der Waals surface area (Å²) in [6, 6.07) is 6.02. The maximum absolute atomic E-state index is 13.2. The van der Waals surface area contributed by atoms with E-state index in [1.165, 1.54) is 36.8 Å². The third-order valence-electron chi connectivity index (χ3n) is 4.05. The second kappa shape index (κ2) is 4.17. The SMILES string of the molecule is Fc1ccc2c(c1)CN(C1CCCC1)CC2. The fraction of sp³-hybridized carbons (Fsp3) is 0.571. The minimum Gasteiger partial charge on any atom is -0.296 e. The highest BCUT2D eigenvalue weighted by atomic mass is 19.1. The number of hydrogen-bond acceptors (Lipinski definition) is 1. The molecule has 1 aliphatic carbocycles. The minimum absolute atomic E-state index is 0.0907. The Morgan fingerprint density at radius 1 is 1.12 bits per heavy atom. The molecule has 1 heterocycles. The fourth-order valence-electron chi connectivity index (χ4n) is 3.13. The summed E-state index contributed by atoms with van der Waals surface area (Å²) in [5.41, 5.74) is 2.55. The van der Waals surface area contributed by atoms with Gasteiger partial charge in [0.05, 0.1) is 0 Å². The highest BCUT2D eigenvalue weighted by Crippen LogP contribution is 2.28. The molecule has 0 radical (unpaired) electrons. The first-order valence-corrected chi connectivity index (χ1v) is 6.34. The Morgan fingerprint density at radius 2 is 1.94 bits per heavy atom. The molecule has 0 unspecified atom stereocenters. The third-order valence-corrected chi connectivity index (χ3v) is 4.05. The first kappa shape index (κ1) is 10.3. The van der Waals surface area contributed by atoms with Crippen molar-refractivity contribution in [3.63, 3.8) is 0 Å². The number of halogens is 1. The van der Waals surface area contributed by atoms with Crippen LogP contribution in [0.4, 0.5) is 4.39 Å². The highest BCUT2D eigenvalue weighted by Gasteiger charge is 2.25. The van der Waals surface area contributed by atoms with Gasteiger partial charge in [-0.15, -0.1) is 0 Å². The van der Waals surface area contributed by atoms with E-state index in [4.69, 9.17) is 0 Å². The van der Waals surface area contributed by atoms with E-state index in [0.29, 0.717) is 0 Å². The van der Waals surface area contributed by atoms with Gasteiger partial charge in [-0.1, -0.05) is 18.9 Å². The predicted molar refractivity (Wildman–Crippen MR) is 62.8 cm³/mol. The van der Waals surface area contributed by atoms with Crippen LogP contribution in [0.25, 0.3) is 0 Å². The summed E-state index contributed by atoms with van der Waals surface area (Å²) in [6.45, 7) is 2.11. The zero-order valence-corrected chi connectivity index (χ0v) is 9.58. The average molecular weight is 219 g/mol. The lowest BCUT2D eigenvalue weighted by molar-refractivity contribution is 0.181. The van der Waals surface area contributed by atoms with Crippen molar-refractivity contribution in [1.82, 2.24) is 4.90 Å². The summed E-state index contributed by atoms with van der Waals surface area (Å²) in [6.07, 6.45) is 6.51. The van der Waals surface area contributed by atoms with Crippen LogP contribution in [-0.2, 0) is 13.0 Å². The Kier molecular flexibility index (Phi) is 2.68. The number of nitrogens with zero attached hydrogens (tertiary/aromatic N) is 1. The van der Waals surface area contributed by atoms with E-state index in [1.54, 1.807) is 12.1 Å². The van der Waals surface area contributed by atoms with Gasteiger partial charge in [0.25, 0.3) is 0 Å². The largest absolute Gasteiger partial charge is 0.296 e. The molecular weight excluding hydrogens is 201 g/mol. The maximum Gasteiger partial charge on any atom is 0.123 e. The van der Waals surface area contributed by atoms with Crippen molar-refractivity contribution in [2.45, 2.75) is 44.7 Å². The van der Waals surface area contributed by atoms with Crippen molar-refractivity contribution < 1.29 is 4.39 Å². The summed E-state index contributed by atoms with van der Waals surface area (Å²) < 4.78 is 13.2. The molecule has 1 nitrogen and oxygen atoms in total. The van der Waals surface area contributed by atoms with E-state index in [9.17, 15) is 4.39 Å². The molecule has 0 spiro atoms. The first-order valence-electron chi connectivity index (χ1n) is 6.34. The van der Waals surface area contributed by atoms with Crippen LogP contribution in [0.15, 0.2) is 18.2 Å². The summed E-state index contributed by atoms with van der Waals surface area (Å²) in [4.78, 5) is 2.55. The van der Waals surface area contributed by atoms with Crippen LogP contribution in [0.3, 0.4) is 0 Å². The van der Waals surface area contributed by atoms with Gasteiger partial charge in [-0.25, -0.2) is 4.39 Å². The summed E-state index contributed by atoms with van der Waals surface area (Å²) >= 11 is 0. The van der Waals surface area contributed by atoms with Crippen molar-refractivity contribution in [3.8, 4) is 0 Å². The van der Waals surface area contributed by atoms with Gasteiger partial charge in [0, 0.05) is 19.1 Å². The maximum atomic E-state index is 13.2. The van der Waals surface area contributed by atoms with Gasteiger partial charge >= 0.3 is 0 Å². The molecule has 2 heteroatoms. The molecule has 0 N–H and O–H groups in total. The molecule has 0 aromatic heterocycles. The van der Waals surface area contributed by atoms with Crippen molar-refractivity contribution in [2.75, 3.05) is 6.54 Å². The standard InChI is InChI=1S/C14H18FN/c15-13-6-5-11-7-8-16(10-12(11)9-13)14-3-1-2-4-14/h5-6,9,14H,1-4,7-8,10H2. The topological polar surface area (TPSA) is 3.24 Å². The molecule has 0 amide bonds. The lowest BCUT2D eigenvalue weighted by Gasteiger charge is -2.33. The Labute approximate surface area is 96.3 Å². The Bertz CT molecular complexity index is 382. The van der Waals surface area contributed by atoms with Crippen molar-refractivity contribution >= 4 is 0 Å². The Morgan fingerprint density at radius 3 is 2.75 bits per heavy atom. The molecule has 0 bridgehead atoms. The van der Waals surface area contributed by atoms with Gasteiger partial charge in [-0.2, -0.15) is 0 Å². The Balaban J connectivity index is 1.79. The third kappa shape index (κ3) is 1.86. The van der Waals surface area contributed by atoms with Gasteiger partial charge in [0.15, 0.2) is 0 Å². The molecule has 1 aliphatic heterocycles. The second-order valence-corrected chi connectivity index (χ2v) is 5.07. The van der Waals surface area contributed by atoms with E-state index >= 15 is 0 Å². The predicted octanol–water partition coefficient (Wildman–Crippen LogP) is 3.13. The molecule has 1 aromatic carbocycles. The van der Waals surface area contributed by atoms with Gasteiger partial charge in [0.1, 0.15) is 5.82 Å². The van der Waals surface area contributed by atoms with Crippen molar-refractivity contribution in [3.05, 3.63) is 35.1 Å². The van der Waals surface area contributed by atoms with Gasteiger partial charge in [0.2, 0.25) is 0 Å². The molecule has 16 heavy (non-hydrogen) atoms. The number of rotatable bonds is 1. The first-order chi connectivity index (χ1) is 7.83. The average Bonchev–Trinajstić information content (AvgIpc) is 2.81. The smallest absolute Gasteiger partial charge is 0.123 e. The molecule has 3 rings (SSSR count). The van der Waals surface area contributed by atoms with E-state index in [1.807, 2.05) is 6.07 Å². The van der Waals surface area contributed by atoms with Crippen LogP contribution in [0.5, 0.6) is 0 Å². The van der Waals surface area contributed by atoms with Gasteiger partial charge < -0.3 is 0 Å². The molecule has 86 valence electrons. The number of hydrogen-bond donors (Lipinski definition) is 0. The normalized spacial score (nSPS) is 22.3. The monoisotopic (exact) mass is 219 g/mol. The van der Waals surface area contributed by atoms with Crippen LogP contribution in [-0.4, -0.2) is 17.5 Å². The van der Waals surface area contributed by atoms with Crippen LogP contribution < -0.4 is 0 Å². The molecule has 0 saturated heterocycles. The number of benzene rings is 1. The van der Waals surface area contributed by atoms with Crippen LogP contribution in [0, 0.1) is 5.82 Å². The quantitative estimate of drug-likeness (QED) is 0.701. The molecular formula is C14H18FN. The van der Waals surface area contributed by atoms with Crippen LogP contribution in [0.2, 0.25) is 0 Å². The fourth-order valence-corrected chi connectivity index (χ4v) is 3.13. The molecule has 1 fully saturated rings. The summed E-state index contributed by atoms with van der Waals surface area (Å²) in [7, 11) is 0. The minimum atomic E-state index is -0.0907. The zero-order valence-electron chi connectivity index (χ0n) is 9.58. The van der Waals surface area contributed by atoms with E-state index in [-0.39, 0.29) is 5.82 Å². The molecule has 1 aromatic rings. The molecule has 0 atom stereocenters. The summed E-state index contributed by atoms with van der Waals surface area (Å²) in [5.74, 6) is -0.0907. The van der Waals surface area contributed by atoms with Crippen molar-refractivity contribution in [1.29, 1.82) is 0 Å².